The molecule has 27 heavy (non-hydrogen) atoms. The number of anilines is 1. The number of hydrogen-bond acceptors (Lipinski definition) is 2. The first-order chi connectivity index (χ1) is 13.1. The number of allylic oxidation sites excluding steroid dienone is 2. The molecule has 2 atom stereocenters. The fraction of sp³-hybridized carbons (Fsp3) is 0.304. The highest BCUT2D eigenvalue weighted by molar-refractivity contribution is 6.08. The highest BCUT2D eigenvalue weighted by Gasteiger charge is 2.42. The van der Waals surface area contributed by atoms with Crippen LogP contribution in [-0.2, 0) is 4.79 Å². The normalized spacial score (nSPS) is 23.4. The van der Waals surface area contributed by atoms with E-state index >= 15 is 0 Å². The van der Waals surface area contributed by atoms with Crippen LogP contribution < -0.4 is 4.90 Å². The van der Waals surface area contributed by atoms with Gasteiger partial charge in [-0.15, -0.1) is 0 Å². The zero-order valence-electron chi connectivity index (χ0n) is 15.6. The van der Waals surface area contributed by atoms with Crippen LogP contribution in [0.2, 0.25) is 0 Å². The van der Waals surface area contributed by atoms with Crippen LogP contribution in [0, 0.1) is 5.92 Å². The fourth-order valence-electron chi connectivity index (χ4n) is 4.92. The fourth-order valence-corrected chi connectivity index (χ4v) is 4.92. The van der Waals surface area contributed by atoms with Crippen LogP contribution in [0.1, 0.15) is 47.2 Å². The highest BCUT2D eigenvalue weighted by atomic mass is 16.2. The van der Waals surface area contributed by atoms with Crippen molar-refractivity contribution in [3.63, 3.8) is 0 Å². The number of amides is 2. The molecule has 4 nitrogen and oxygen atoms in total. The zero-order valence-corrected chi connectivity index (χ0v) is 15.6. The van der Waals surface area contributed by atoms with Crippen molar-refractivity contribution in [1.29, 1.82) is 0 Å². The third-order valence-electron chi connectivity index (χ3n) is 6.23. The molecule has 0 bridgehead atoms. The summed E-state index contributed by atoms with van der Waals surface area (Å²) in [6.07, 6.45) is 1.61. The first-order valence-electron chi connectivity index (χ1n) is 9.56. The van der Waals surface area contributed by atoms with E-state index in [0.717, 1.165) is 24.2 Å². The zero-order chi connectivity index (χ0) is 18.7. The van der Waals surface area contributed by atoms with Gasteiger partial charge in [-0.3, -0.25) is 9.59 Å². The van der Waals surface area contributed by atoms with Gasteiger partial charge in [0, 0.05) is 42.4 Å². The lowest BCUT2D eigenvalue weighted by atomic mass is 9.77. The Morgan fingerprint density at radius 3 is 2.59 bits per heavy atom. The van der Waals surface area contributed by atoms with Crippen LogP contribution in [0.3, 0.4) is 0 Å². The largest absolute Gasteiger partial charge is 0.319 e. The minimum atomic E-state index is 0.00427. The molecular formula is C23H22N2O2. The molecule has 3 aliphatic rings. The smallest absolute Gasteiger partial charge is 0.258 e. The SMILES string of the molecule is CC1CC2=C(CC3CN(C(=O)c4ccccc4)c4cccc2c43)N(C)C1=O. The van der Waals surface area contributed by atoms with Gasteiger partial charge < -0.3 is 9.80 Å². The van der Waals surface area contributed by atoms with Crippen molar-refractivity contribution in [2.24, 2.45) is 5.92 Å². The lowest BCUT2D eigenvalue weighted by molar-refractivity contribution is -0.132. The molecule has 2 aliphatic heterocycles. The molecule has 4 heteroatoms. The third-order valence-corrected chi connectivity index (χ3v) is 6.23. The molecule has 0 spiro atoms. The second kappa shape index (κ2) is 5.81. The van der Waals surface area contributed by atoms with Crippen molar-refractivity contribution in [2.75, 3.05) is 18.5 Å². The van der Waals surface area contributed by atoms with Crippen molar-refractivity contribution in [1.82, 2.24) is 4.90 Å². The maximum absolute atomic E-state index is 13.1. The summed E-state index contributed by atoms with van der Waals surface area (Å²) in [5, 5.41) is 0. The van der Waals surface area contributed by atoms with E-state index in [1.165, 1.54) is 16.7 Å². The molecule has 2 aromatic rings. The van der Waals surface area contributed by atoms with Gasteiger partial charge in [0.25, 0.3) is 5.91 Å². The van der Waals surface area contributed by atoms with Gasteiger partial charge in [-0.05, 0) is 47.7 Å². The first-order valence-corrected chi connectivity index (χ1v) is 9.56. The minimum Gasteiger partial charge on any atom is -0.319 e. The number of benzene rings is 2. The van der Waals surface area contributed by atoms with E-state index in [4.69, 9.17) is 0 Å². The summed E-state index contributed by atoms with van der Waals surface area (Å²) < 4.78 is 0. The average molecular weight is 358 g/mol. The summed E-state index contributed by atoms with van der Waals surface area (Å²) in [5.74, 6) is 0.508. The van der Waals surface area contributed by atoms with Gasteiger partial charge in [0.15, 0.2) is 0 Å². The molecule has 2 amide bonds. The minimum absolute atomic E-state index is 0.00427. The molecule has 2 unspecified atom stereocenters. The summed E-state index contributed by atoms with van der Waals surface area (Å²) >= 11 is 0. The number of carbonyl (C=O) groups is 2. The third kappa shape index (κ3) is 2.29. The van der Waals surface area contributed by atoms with Gasteiger partial charge >= 0.3 is 0 Å². The van der Waals surface area contributed by atoms with Crippen molar-refractivity contribution < 1.29 is 9.59 Å². The Morgan fingerprint density at radius 2 is 1.81 bits per heavy atom. The highest BCUT2D eigenvalue weighted by Crippen LogP contribution is 2.51. The van der Waals surface area contributed by atoms with Crippen LogP contribution in [0.5, 0.6) is 0 Å². The summed E-state index contributed by atoms with van der Waals surface area (Å²) in [6, 6.07) is 15.7. The first kappa shape index (κ1) is 16.3. The second-order valence-corrected chi connectivity index (χ2v) is 7.85. The lowest BCUT2D eigenvalue weighted by Gasteiger charge is -2.37. The van der Waals surface area contributed by atoms with Gasteiger partial charge in [-0.1, -0.05) is 37.3 Å². The van der Waals surface area contributed by atoms with E-state index in [1.54, 1.807) is 0 Å². The summed E-state index contributed by atoms with van der Waals surface area (Å²) in [5.41, 5.74) is 6.69. The molecule has 1 aliphatic carbocycles. The Kier molecular flexibility index (Phi) is 3.51. The quantitative estimate of drug-likeness (QED) is 0.772. The maximum atomic E-state index is 13.1. The lowest BCUT2D eigenvalue weighted by Crippen LogP contribution is -2.38. The second-order valence-electron chi connectivity index (χ2n) is 7.85. The van der Waals surface area contributed by atoms with E-state index in [0.29, 0.717) is 12.1 Å². The summed E-state index contributed by atoms with van der Waals surface area (Å²) in [7, 11) is 1.89. The molecule has 136 valence electrons. The number of rotatable bonds is 1. The maximum Gasteiger partial charge on any atom is 0.258 e. The van der Waals surface area contributed by atoms with E-state index in [9.17, 15) is 9.59 Å². The number of fused-ring (bicyclic) bond motifs is 1. The van der Waals surface area contributed by atoms with Gasteiger partial charge in [-0.2, -0.15) is 0 Å². The predicted octanol–water partition coefficient (Wildman–Crippen LogP) is 4.04. The molecule has 0 N–H and O–H groups in total. The van der Waals surface area contributed by atoms with Crippen molar-refractivity contribution in [3.05, 3.63) is 70.9 Å². The number of nitrogens with zero attached hydrogens (tertiary/aromatic N) is 2. The molecular weight excluding hydrogens is 336 g/mol. The van der Waals surface area contributed by atoms with Crippen LogP contribution in [0.15, 0.2) is 54.2 Å². The average Bonchev–Trinajstić information content (AvgIpc) is 3.07. The van der Waals surface area contributed by atoms with Gasteiger partial charge in [0.2, 0.25) is 5.91 Å². The molecule has 2 heterocycles. The van der Waals surface area contributed by atoms with Crippen LogP contribution >= 0.6 is 0 Å². The van der Waals surface area contributed by atoms with E-state index in [2.05, 4.69) is 12.1 Å². The van der Waals surface area contributed by atoms with Crippen molar-refractivity contribution in [2.45, 2.75) is 25.7 Å². The predicted molar refractivity (Wildman–Crippen MR) is 105 cm³/mol. The molecule has 0 saturated carbocycles. The molecule has 5 rings (SSSR count). The van der Waals surface area contributed by atoms with E-state index in [1.807, 2.05) is 60.2 Å². The van der Waals surface area contributed by atoms with E-state index < -0.39 is 0 Å². The molecule has 0 saturated heterocycles. The van der Waals surface area contributed by atoms with Gasteiger partial charge in [0.1, 0.15) is 0 Å². The Morgan fingerprint density at radius 1 is 1.04 bits per heavy atom. The van der Waals surface area contributed by atoms with Gasteiger partial charge in [-0.25, -0.2) is 0 Å². The standard InChI is InChI=1S/C23H22N2O2/c1-14-11-18-17-9-6-10-19-21(17)16(12-20(18)24(2)22(14)26)13-25(19)23(27)15-7-4-3-5-8-15/h3-10,14,16H,11-13H2,1-2H3. The van der Waals surface area contributed by atoms with Crippen molar-refractivity contribution >= 4 is 23.1 Å². The molecule has 0 radical (unpaired) electrons. The summed E-state index contributed by atoms with van der Waals surface area (Å²) in [6.45, 7) is 2.68. The van der Waals surface area contributed by atoms with Crippen LogP contribution in [0.4, 0.5) is 5.69 Å². The Bertz CT molecular complexity index is 993. The van der Waals surface area contributed by atoms with Crippen LogP contribution in [0.25, 0.3) is 5.57 Å². The topological polar surface area (TPSA) is 40.6 Å². The number of hydrogen-bond donors (Lipinski definition) is 0. The molecule has 0 aromatic heterocycles. The van der Waals surface area contributed by atoms with Crippen LogP contribution in [-0.4, -0.2) is 30.3 Å². The summed E-state index contributed by atoms with van der Waals surface area (Å²) in [4.78, 5) is 29.4. The van der Waals surface area contributed by atoms with Gasteiger partial charge in [0.05, 0.1) is 0 Å². The van der Waals surface area contributed by atoms with E-state index in [-0.39, 0.29) is 23.7 Å². The monoisotopic (exact) mass is 358 g/mol. The molecule has 0 fully saturated rings. The number of carbonyl (C=O) groups excluding carboxylic acids is 2. The Hall–Kier alpha value is -2.88. The Labute approximate surface area is 159 Å². The van der Waals surface area contributed by atoms with Crippen molar-refractivity contribution in [3.8, 4) is 0 Å². The Balaban J connectivity index is 1.60. The molecule has 2 aromatic carbocycles.